The van der Waals surface area contributed by atoms with E-state index in [2.05, 4.69) is 11.4 Å². The van der Waals surface area contributed by atoms with E-state index < -0.39 is 23.5 Å². The Morgan fingerprint density at radius 2 is 1.83 bits per heavy atom. The van der Waals surface area contributed by atoms with Crippen LogP contribution in [0.1, 0.15) is 60.8 Å². The van der Waals surface area contributed by atoms with Gasteiger partial charge in [-0.2, -0.15) is 5.26 Å². The molecule has 3 rings (SSSR count). The number of esters is 1. The molecule has 0 radical (unpaired) electrons. The van der Waals surface area contributed by atoms with Crippen molar-refractivity contribution in [3.8, 4) is 11.8 Å². The van der Waals surface area contributed by atoms with E-state index in [1.165, 1.54) is 19.1 Å². The van der Waals surface area contributed by atoms with Gasteiger partial charge in [0.05, 0.1) is 11.6 Å². The number of nitrogens with zero attached hydrogens (tertiary/aromatic N) is 2. The smallest absolute Gasteiger partial charge is 0.340 e. The van der Waals surface area contributed by atoms with Crippen LogP contribution in [0.3, 0.4) is 0 Å². The third kappa shape index (κ3) is 4.38. The zero-order chi connectivity index (χ0) is 21.9. The highest BCUT2D eigenvalue weighted by atomic mass is 19.1. The standard InChI is InChI=1S/C23H26FN3O3/c1-15-13-20(16(2)27(15)19-9-7-18(24)8-10-19)22(29)30-17(3)21(28)26-23(14-25)11-5-4-6-12-23/h7-10,13,17H,4-6,11-12H2,1-3H3,(H,26,28)/t17-/m0/s1. The molecular formula is C23H26FN3O3. The number of carbonyl (C=O) groups is 2. The van der Waals surface area contributed by atoms with Gasteiger partial charge in [0.25, 0.3) is 5.91 Å². The molecule has 1 aromatic carbocycles. The molecule has 1 amide bonds. The molecule has 0 aliphatic heterocycles. The molecule has 0 saturated heterocycles. The number of nitriles is 1. The number of hydrogen-bond acceptors (Lipinski definition) is 4. The van der Waals surface area contributed by atoms with Gasteiger partial charge in [0.1, 0.15) is 11.4 Å². The van der Waals surface area contributed by atoms with Gasteiger partial charge in [-0.25, -0.2) is 9.18 Å². The van der Waals surface area contributed by atoms with Gasteiger partial charge in [-0.15, -0.1) is 0 Å². The summed E-state index contributed by atoms with van der Waals surface area (Å²) in [5, 5.41) is 12.3. The van der Waals surface area contributed by atoms with Gasteiger partial charge in [-0.1, -0.05) is 19.3 Å². The van der Waals surface area contributed by atoms with Crippen LogP contribution in [-0.2, 0) is 9.53 Å². The number of aromatic nitrogens is 1. The minimum atomic E-state index is -1.03. The van der Waals surface area contributed by atoms with Gasteiger partial charge in [0, 0.05) is 17.1 Å². The molecule has 1 heterocycles. The molecule has 1 aliphatic carbocycles. The Bertz CT molecular complexity index is 982. The Morgan fingerprint density at radius 3 is 2.43 bits per heavy atom. The largest absolute Gasteiger partial charge is 0.449 e. The molecule has 1 saturated carbocycles. The maximum Gasteiger partial charge on any atom is 0.340 e. The highest BCUT2D eigenvalue weighted by molar-refractivity contribution is 5.94. The predicted octanol–water partition coefficient (Wildman–Crippen LogP) is 4.12. The normalized spacial score (nSPS) is 16.4. The third-order valence-corrected chi connectivity index (χ3v) is 5.67. The first-order valence-corrected chi connectivity index (χ1v) is 10.2. The van der Waals surface area contributed by atoms with Crippen molar-refractivity contribution in [1.29, 1.82) is 5.26 Å². The van der Waals surface area contributed by atoms with E-state index in [1.807, 2.05) is 11.5 Å². The Morgan fingerprint density at radius 1 is 1.20 bits per heavy atom. The lowest BCUT2D eigenvalue weighted by Gasteiger charge is -2.32. The minimum Gasteiger partial charge on any atom is -0.449 e. The fraction of sp³-hybridized carbons (Fsp3) is 0.435. The van der Waals surface area contributed by atoms with E-state index in [0.29, 0.717) is 24.1 Å². The van der Waals surface area contributed by atoms with Crippen molar-refractivity contribution in [2.75, 3.05) is 0 Å². The number of amides is 1. The van der Waals surface area contributed by atoms with Crippen molar-refractivity contribution in [3.05, 3.63) is 53.1 Å². The first-order chi connectivity index (χ1) is 14.3. The SMILES string of the molecule is Cc1cc(C(=O)O[C@@H](C)C(=O)NC2(C#N)CCCCC2)c(C)n1-c1ccc(F)cc1. The Kier molecular flexibility index (Phi) is 6.25. The molecule has 2 aromatic rings. The van der Waals surface area contributed by atoms with Gasteiger partial charge in [-0.3, -0.25) is 4.79 Å². The Labute approximate surface area is 175 Å². The summed E-state index contributed by atoms with van der Waals surface area (Å²) in [4.78, 5) is 25.3. The second-order valence-electron chi connectivity index (χ2n) is 7.89. The number of rotatable bonds is 5. The molecule has 1 aliphatic rings. The summed E-state index contributed by atoms with van der Waals surface area (Å²) in [5.41, 5.74) is 1.61. The molecular weight excluding hydrogens is 385 g/mol. The quantitative estimate of drug-likeness (QED) is 0.750. The maximum absolute atomic E-state index is 13.2. The van der Waals surface area contributed by atoms with Crippen LogP contribution in [0.5, 0.6) is 0 Å². The van der Waals surface area contributed by atoms with Crippen LogP contribution in [0.2, 0.25) is 0 Å². The van der Waals surface area contributed by atoms with Gasteiger partial charge in [0.15, 0.2) is 6.10 Å². The molecule has 0 bridgehead atoms. The van der Waals surface area contributed by atoms with Gasteiger partial charge >= 0.3 is 5.97 Å². The van der Waals surface area contributed by atoms with Crippen LogP contribution in [0.4, 0.5) is 4.39 Å². The summed E-state index contributed by atoms with van der Waals surface area (Å²) in [6.07, 6.45) is 3.00. The monoisotopic (exact) mass is 411 g/mol. The first-order valence-electron chi connectivity index (χ1n) is 10.2. The molecule has 158 valence electrons. The summed E-state index contributed by atoms with van der Waals surface area (Å²) in [6.45, 7) is 5.10. The van der Waals surface area contributed by atoms with Crippen molar-refractivity contribution < 1.29 is 18.7 Å². The number of halogens is 1. The number of aryl methyl sites for hydroxylation is 1. The first kappa shape index (κ1) is 21.6. The average Bonchev–Trinajstić information content (AvgIpc) is 3.03. The minimum absolute atomic E-state index is 0.337. The highest BCUT2D eigenvalue weighted by Gasteiger charge is 2.35. The van der Waals surface area contributed by atoms with E-state index in [4.69, 9.17) is 4.74 Å². The van der Waals surface area contributed by atoms with Crippen LogP contribution in [0, 0.1) is 31.0 Å². The molecule has 1 atom stereocenters. The number of benzene rings is 1. The topological polar surface area (TPSA) is 84.1 Å². The van der Waals surface area contributed by atoms with Gasteiger partial charge in [-0.05, 0) is 63.9 Å². The molecule has 1 aromatic heterocycles. The summed E-state index contributed by atoms with van der Waals surface area (Å²) in [6, 6.07) is 9.89. The van der Waals surface area contributed by atoms with E-state index in [9.17, 15) is 19.2 Å². The van der Waals surface area contributed by atoms with E-state index in [0.717, 1.165) is 30.6 Å². The highest BCUT2D eigenvalue weighted by Crippen LogP contribution is 2.28. The van der Waals surface area contributed by atoms with Gasteiger partial charge < -0.3 is 14.6 Å². The van der Waals surface area contributed by atoms with Crippen molar-refractivity contribution in [2.24, 2.45) is 0 Å². The zero-order valence-corrected chi connectivity index (χ0v) is 17.5. The molecule has 30 heavy (non-hydrogen) atoms. The molecule has 6 nitrogen and oxygen atoms in total. The second-order valence-corrected chi connectivity index (χ2v) is 7.89. The lowest BCUT2D eigenvalue weighted by Crippen LogP contribution is -2.52. The van der Waals surface area contributed by atoms with E-state index in [-0.39, 0.29) is 5.82 Å². The van der Waals surface area contributed by atoms with Crippen LogP contribution in [0.25, 0.3) is 5.69 Å². The molecule has 1 fully saturated rings. The average molecular weight is 411 g/mol. The fourth-order valence-electron chi connectivity index (χ4n) is 3.99. The second kappa shape index (κ2) is 8.70. The van der Waals surface area contributed by atoms with Crippen LogP contribution < -0.4 is 5.32 Å². The predicted molar refractivity (Wildman–Crippen MR) is 110 cm³/mol. The number of nitrogens with one attached hydrogen (secondary N) is 1. The molecule has 7 heteroatoms. The lowest BCUT2D eigenvalue weighted by atomic mass is 9.83. The zero-order valence-electron chi connectivity index (χ0n) is 17.5. The summed E-state index contributed by atoms with van der Waals surface area (Å²) < 4.78 is 20.5. The van der Waals surface area contributed by atoms with Crippen molar-refractivity contribution in [2.45, 2.75) is 64.5 Å². The fourth-order valence-corrected chi connectivity index (χ4v) is 3.99. The molecule has 1 N–H and O–H groups in total. The maximum atomic E-state index is 13.2. The van der Waals surface area contributed by atoms with Crippen LogP contribution in [-0.4, -0.2) is 28.1 Å². The number of carbonyl (C=O) groups excluding carboxylic acids is 2. The van der Waals surface area contributed by atoms with Crippen LogP contribution in [0.15, 0.2) is 30.3 Å². The molecule has 0 spiro atoms. The third-order valence-electron chi connectivity index (χ3n) is 5.67. The molecule has 0 unspecified atom stereocenters. The van der Waals surface area contributed by atoms with E-state index >= 15 is 0 Å². The Balaban J connectivity index is 1.73. The van der Waals surface area contributed by atoms with Crippen molar-refractivity contribution >= 4 is 11.9 Å². The summed E-state index contributed by atoms with van der Waals surface area (Å²) in [5.74, 6) is -1.43. The van der Waals surface area contributed by atoms with Crippen molar-refractivity contribution in [1.82, 2.24) is 9.88 Å². The van der Waals surface area contributed by atoms with E-state index in [1.54, 1.807) is 25.1 Å². The lowest BCUT2D eigenvalue weighted by molar-refractivity contribution is -0.130. The summed E-state index contributed by atoms with van der Waals surface area (Å²) >= 11 is 0. The summed E-state index contributed by atoms with van der Waals surface area (Å²) in [7, 11) is 0. The number of hydrogen-bond donors (Lipinski definition) is 1. The van der Waals surface area contributed by atoms with Gasteiger partial charge in [0.2, 0.25) is 0 Å². The number of ether oxygens (including phenoxy) is 1. The Hall–Kier alpha value is -3.14. The van der Waals surface area contributed by atoms with Crippen molar-refractivity contribution in [3.63, 3.8) is 0 Å². The van der Waals surface area contributed by atoms with Crippen LogP contribution >= 0.6 is 0 Å².